The van der Waals surface area contributed by atoms with E-state index in [-0.39, 0.29) is 35.5 Å². The van der Waals surface area contributed by atoms with Gasteiger partial charge in [-0.2, -0.15) is 10.1 Å². The van der Waals surface area contributed by atoms with E-state index >= 15 is 0 Å². The first kappa shape index (κ1) is 12.4. The quantitative estimate of drug-likeness (QED) is 0.476. The normalized spacial score (nSPS) is 41.4. The first-order valence-electron chi connectivity index (χ1n) is 7.82. The number of carbonyl (C=O) groups excluding carboxylic acids is 2. The fourth-order valence-electron chi connectivity index (χ4n) is 4.69. The molecule has 1 saturated heterocycles. The number of hydrogen-bond acceptors (Lipinski definition) is 4. The molecular weight excluding hydrogens is 280 g/mol. The number of rotatable bonds is 2. The summed E-state index contributed by atoms with van der Waals surface area (Å²) in [4.78, 5) is 25.3. The number of amides is 2. The zero-order chi connectivity index (χ0) is 15.0. The molecule has 2 bridgehead atoms. The molecule has 2 heterocycles. The predicted molar refractivity (Wildman–Crippen MR) is 77.6 cm³/mol. The van der Waals surface area contributed by atoms with Crippen LogP contribution in [0.1, 0.15) is 17.9 Å². The van der Waals surface area contributed by atoms with Crippen molar-refractivity contribution < 1.29 is 14.0 Å². The molecule has 0 spiro atoms. The number of carbonyl (C=O) groups is 2. The fraction of sp³-hybridized carbons (Fsp3) is 0.471. The Morgan fingerprint density at radius 3 is 2.32 bits per heavy atom. The van der Waals surface area contributed by atoms with E-state index < -0.39 is 0 Å². The summed E-state index contributed by atoms with van der Waals surface area (Å²) in [5.41, 5.74) is 0. The smallest absolute Gasteiger partial charge is 0.254 e. The van der Waals surface area contributed by atoms with Gasteiger partial charge in [0, 0.05) is 0 Å². The summed E-state index contributed by atoms with van der Waals surface area (Å²) < 4.78 is 5.40. The molecular formula is C17H16N2O3. The maximum atomic E-state index is 12.7. The van der Waals surface area contributed by atoms with Gasteiger partial charge in [-0.25, -0.2) is 0 Å². The molecule has 5 aliphatic rings. The first-order chi connectivity index (χ1) is 10.6. The maximum absolute atomic E-state index is 12.7. The van der Waals surface area contributed by atoms with Crippen molar-refractivity contribution in [3.8, 4) is 0 Å². The van der Waals surface area contributed by atoms with Gasteiger partial charge in [-0.05, 0) is 49.1 Å². The second-order valence-electron chi connectivity index (χ2n) is 6.84. The molecule has 0 radical (unpaired) electrons. The van der Waals surface area contributed by atoms with E-state index in [4.69, 9.17) is 4.42 Å². The van der Waals surface area contributed by atoms with Crippen LogP contribution in [0.5, 0.6) is 0 Å². The second-order valence-corrected chi connectivity index (χ2v) is 6.84. The number of hydrogen-bond donors (Lipinski definition) is 0. The van der Waals surface area contributed by atoms with Crippen LogP contribution in [0.2, 0.25) is 0 Å². The van der Waals surface area contributed by atoms with Crippen molar-refractivity contribution in [2.45, 2.75) is 13.3 Å². The van der Waals surface area contributed by atoms with Crippen molar-refractivity contribution in [1.82, 2.24) is 5.01 Å². The molecule has 4 aliphatic carbocycles. The van der Waals surface area contributed by atoms with E-state index in [1.54, 1.807) is 6.07 Å². The van der Waals surface area contributed by atoms with Crippen molar-refractivity contribution in [2.75, 3.05) is 0 Å². The molecule has 6 atom stereocenters. The van der Waals surface area contributed by atoms with Crippen molar-refractivity contribution >= 4 is 18.0 Å². The highest BCUT2D eigenvalue weighted by atomic mass is 16.3. The largest absolute Gasteiger partial charge is 0.460 e. The number of hydrazone groups is 1. The Kier molecular flexibility index (Phi) is 2.23. The van der Waals surface area contributed by atoms with Crippen molar-refractivity contribution in [3.63, 3.8) is 0 Å². The van der Waals surface area contributed by atoms with E-state index in [9.17, 15) is 9.59 Å². The average Bonchev–Trinajstić information content (AvgIpc) is 3.19. The third-order valence-electron chi connectivity index (χ3n) is 5.70. The molecule has 1 aromatic rings. The van der Waals surface area contributed by atoms with Crippen LogP contribution in [0.4, 0.5) is 0 Å². The lowest BCUT2D eigenvalue weighted by atomic mass is 9.63. The Morgan fingerprint density at radius 1 is 1.14 bits per heavy atom. The lowest BCUT2D eigenvalue weighted by molar-refractivity contribution is -0.140. The molecule has 0 aromatic carbocycles. The molecule has 0 N–H and O–H groups in total. The van der Waals surface area contributed by atoms with Gasteiger partial charge >= 0.3 is 0 Å². The molecule has 5 heteroatoms. The van der Waals surface area contributed by atoms with Gasteiger partial charge < -0.3 is 4.42 Å². The van der Waals surface area contributed by atoms with Gasteiger partial charge in [-0.15, -0.1) is 0 Å². The Morgan fingerprint density at radius 2 is 1.77 bits per heavy atom. The zero-order valence-corrected chi connectivity index (χ0v) is 12.2. The number of aryl methyl sites for hydroxylation is 1. The molecule has 1 aliphatic heterocycles. The van der Waals surface area contributed by atoms with E-state index in [0.29, 0.717) is 17.6 Å². The van der Waals surface area contributed by atoms with Crippen molar-refractivity contribution in [3.05, 3.63) is 35.8 Å². The zero-order valence-electron chi connectivity index (χ0n) is 12.2. The number of nitrogens with zero attached hydrogens (tertiary/aromatic N) is 2. The van der Waals surface area contributed by atoms with Crippen molar-refractivity contribution in [1.29, 1.82) is 0 Å². The summed E-state index contributed by atoms with van der Waals surface area (Å²) in [6, 6.07) is 3.60. The van der Waals surface area contributed by atoms with Crippen LogP contribution in [0.3, 0.4) is 0 Å². The highest BCUT2D eigenvalue weighted by molar-refractivity contribution is 6.06. The molecule has 3 fully saturated rings. The fourth-order valence-corrected chi connectivity index (χ4v) is 4.69. The van der Waals surface area contributed by atoms with Gasteiger partial charge in [0.2, 0.25) is 0 Å². The lowest BCUT2D eigenvalue weighted by Crippen LogP contribution is -2.40. The van der Waals surface area contributed by atoms with Gasteiger partial charge in [0.15, 0.2) is 0 Å². The molecule has 112 valence electrons. The minimum Gasteiger partial charge on any atom is -0.460 e. The highest BCUT2D eigenvalue weighted by Crippen LogP contribution is 2.65. The summed E-state index contributed by atoms with van der Waals surface area (Å²) in [6.07, 6.45) is 6.95. The molecule has 1 aromatic heterocycles. The topological polar surface area (TPSA) is 62.9 Å². The summed E-state index contributed by atoms with van der Waals surface area (Å²) in [7, 11) is 0. The summed E-state index contributed by atoms with van der Waals surface area (Å²) >= 11 is 0. The van der Waals surface area contributed by atoms with Crippen LogP contribution < -0.4 is 0 Å². The molecule has 2 amide bonds. The third kappa shape index (κ3) is 1.46. The van der Waals surface area contributed by atoms with Gasteiger partial charge in [0.1, 0.15) is 11.5 Å². The van der Waals surface area contributed by atoms with Crippen LogP contribution in [-0.4, -0.2) is 23.0 Å². The number of furan rings is 1. The third-order valence-corrected chi connectivity index (χ3v) is 5.70. The van der Waals surface area contributed by atoms with E-state index in [2.05, 4.69) is 17.3 Å². The van der Waals surface area contributed by atoms with Crippen LogP contribution in [0, 0.1) is 42.4 Å². The Labute approximate surface area is 127 Å². The minimum absolute atomic E-state index is 0.140. The molecule has 0 unspecified atom stereocenters. The SMILES string of the molecule is Cc1ccc(/C=N\N2C(=O)[C@H]3[C@@H]4C=C[C@H]([C@@H]5C[C@H]45)[C@@H]3C2=O)o1. The number of imide groups is 1. The monoisotopic (exact) mass is 296 g/mol. The van der Waals surface area contributed by atoms with Gasteiger partial charge in [0.25, 0.3) is 11.8 Å². The van der Waals surface area contributed by atoms with Crippen LogP contribution in [-0.2, 0) is 9.59 Å². The van der Waals surface area contributed by atoms with E-state index in [0.717, 1.165) is 10.8 Å². The molecule has 2 saturated carbocycles. The summed E-state index contributed by atoms with van der Waals surface area (Å²) in [5, 5.41) is 5.19. The van der Waals surface area contributed by atoms with Gasteiger partial charge in [0.05, 0.1) is 18.1 Å². The summed E-state index contributed by atoms with van der Waals surface area (Å²) in [6.45, 7) is 1.84. The first-order valence-corrected chi connectivity index (χ1v) is 7.82. The van der Waals surface area contributed by atoms with Crippen LogP contribution in [0.15, 0.2) is 33.8 Å². The molecule has 6 rings (SSSR count). The Hall–Kier alpha value is -2.17. The van der Waals surface area contributed by atoms with E-state index in [1.807, 2.05) is 13.0 Å². The Balaban J connectivity index is 1.46. The predicted octanol–water partition coefficient (Wildman–Crippen LogP) is 1.98. The second kappa shape index (κ2) is 3.97. The van der Waals surface area contributed by atoms with Crippen LogP contribution >= 0.6 is 0 Å². The van der Waals surface area contributed by atoms with Gasteiger partial charge in [-0.1, -0.05) is 12.2 Å². The lowest BCUT2D eigenvalue weighted by Gasteiger charge is -2.37. The average molecular weight is 296 g/mol. The standard InChI is InChI=1S/C17H16N2O3/c1-8-2-3-9(22-8)7-18-19-16(20)14-10-4-5-11(13-6-12(10)13)15(14)17(19)21/h2-5,7,10-15H,6H2,1H3/b18-7-/t10-,11-,12-,13+,14+,15+/m1/s1. The highest BCUT2D eigenvalue weighted by Gasteiger charge is 2.67. The van der Waals surface area contributed by atoms with Crippen LogP contribution in [0.25, 0.3) is 0 Å². The minimum atomic E-state index is -0.193. The molecule has 22 heavy (non-hydrogen) atoms. The van der Waals surface area contributed by atoms with E-state index in [1.165, 1.54) is 12.6 Å². The summed E-state index contributed by atoms with van der Waals surface area (Å²) in [5.74, 6) is 2.37. The number of allylic oxidation sites excluding steroid dienone is 2. The molecule has 5 nitrogen and oxygen atoms in total. The van der Waals surface area contributed by atoms with Crippen molar-refractivity contribution in [2.24, 2.45) is 40.6 Å². The Bertz CT molecular complexity index is 711. The maximum Gasteiger partial charge on any atom is 0.254 e. The van der Waals surface area contributed by atoms with Gasteiger partial charge in [-0.3, -0.25) is 9.59 Å².